The van der Waals surface area contributed by atoms with Crippen molar-refractivity contribution in [2.75, 3.05) is 55.6 Å². The summed E-state index contributed by atoms with van der Waals surface area (Å²) in [5.41, 5.74) is 7.70. The first-order valence-corrected chi connectivity index (χ1v) is 20.8. The van der Waals surface area contributed by atoms with E-state index < -0.39 is 5.82 Å². The van der Waals surface area contributed by atoms with E-state index in [-0.39, 0.29) is 23.3 Å². The Kier molecular flexibility index (Phi) is 10.8. The van der Waals surface area contributed by atoms with Crippen molar-refractivity contribution in [2.24, 2.45) is 0 Å². The molecule has 5 heterocycles. The van der Waals surface area contributed by atoms with Crippen molar-refractivity contribution in [3.63, 3.8) is 0 Å². The third-order valence-corrected chi connectivity index (χ3v) is 12.2. The summed E-state index contributed by atoms with van der Waals surface area (Å²) in [6.07, 6.45) is 0.614. The molecule has 2 aliphatic rings. The number of nitrogens with one attached hydrogen (secondary N) is 2. The standard InChI is InChI=1S/C46H44Cl2FN9O/c1-26(2)41-29(39-25-58(20-17-51-39)45-33-24-36(48)35(47)23-32(33)38(53-55-45)21-28-9-5-4-6-10-28)11-7-12-30(41)43-34-22-31(42-37(49)13-8-14-40(42)59)27(3)52-44(34)46(56-54-43)57-18-15-50-16-19-57/h4-14,22-24,26,39,50-51,59H,15-21,25H2,1-3H3. The van der Waals surface area contributed by atoms with Crippen LogP contribution in [-0.2, 0) is 6.42 Å². The zero-order chi connectivity index (χ0) is 40.8. The highest BCUT2D eigenvalue weighted by Gasteiger charge is 2.30. The summed E-state index contributed by atoms with van der Waals surface area (Å²) in [6, 6.07) is 26.6. The van der Waals surface area contributed by atoms with Crippen LogP contribution in [0, 0.1) is 12.7 Å². The van der Waals surface area contributed by atoms with Crippen LogP contribution in [-0.4, -0.2) is 76.3 Å². The van der Waals surface area contributed by atoms with Crippen LogP contribution in [0.15, 0.2) is 84.9 Å². The van der Waals surface area contributed by atoms with Gasteiger partial charge in [-0.1, -0.05) is 91.6 Å². The second-order valence-corrected chi connectivity index (χ2v) is 16.4. The molecule has 0 saturated carbocycles. The Labute approximate surface area is 352 Å². The maximum Gasteiger partial charge on any atom is 0.177 e. The number of aromatic hydroxyl groups is 1. The molecule has 0 aliphatic carbocycles. The van der Waals surface area contributed by atoms with Crippen LogP contribution in [0.3, 0.4) is 0 Å². The molecule has 7 aromatic rings. The van der Waals surface area contributed by atoms with E-state index >= 15 is 4.39 Å². The molecule has 300 valence electrons. The normalized spacial score (nSPS) is 16.1. The monoisotopic (exact) mass is 827 g/mol. The van der Waals surface area contributed by atoms with Gasteiger partial charge in [-0.2, -0.15) is 5.10 Å². The topological polar surface area (TPSA) is 115 Å². The van der Waals surface area contributed by atoms with Crippen LogP contribution in [0.2, 0.25) is 10.0 Å². The van der Waals surface area contributed by atoms with E-state index in [1.807, 2.05) is 43.3 Å². The van der Waals surface area contributed by atoms with Gasteiger partial charge in [0.05, 0.1) is 27.3 Å². The van der Waals surface area contributed by atoms with Crippen molar-refractivity contribution < 1.29 is 9.50 Å². The number of anilines is 2. The molecular formula is C46H44Cl2FN9O. The number of halogens is 3. The summed E-state index contributed by atoms with van der Waals surface area (Å²) in [4.78, 5) is 9.58. The third-order valence-electron chi connectivity index (χ3n) is 11.5. The molecule has 3 aromatic heterocycles. The number of nitrogens with zero attached hydrogens (tertiary/aromatic N) is 7. The average molecular weight is 829 g/mol. The van der Waals surface area contributed by atoms with Gasteiger partial charge in [0.1, 0.15) is 22.8 Å². The number of benzene rings is 4. The highest BCUT2D eigenvalue weighted by Crippen LogP contribution is 2.43. The number of pyridine rings is 1. The fourth-order valence-corrected chi connectivity index (χ4v) is 9.03. The predicted octanol–water partition coefficient (Wildman–Crippen LogP) is 9.04. The lowest BCUT2D eigenvalue weighted by molar-refractivity contribution is 0.465. The molecule has 2 fully saturated rings. The molecule has 9 rings (SSSR count). The maximum atomic E-state index is 15.5. The smallest absolute Gasteiger partial charge is 0.177 e. The molecule has 0 amide bonds. The predicted molar refractivity (Wildman–Crippen MR) is 235 cm³/mol. The van der Waals surface area contributed by atoms with Crippen molar-refractivity contribution in [3.05, 3.63) is 129 Å². The van der Waals surface area contributed by atoms with Crippen molar-refractivity contribution in [1.29, 1.82) is 0 Å². The molecular weight excluding hydrogens is 784 g/mol. The molecule has 4 aromatic carbocycles. The van der Waals surface area contributed by atoms with Gasteiger partial charge in [0.25, 0.3) is 0 Å². The van der Waals surface area contributed by atoms with Crippen molar-refractivity contribution >= 4 is 56.5 Å². The Morgan fingerprint density at radius 3 is 2.27 bits per heavy atom. The quantitative estimate of drug-likeness (QED) is 0.137. The van der Waals surface area contributed by atoms with Gasteiger partial charge in [-0.25, -0.2) is 9.37 Å². The molecule has 1 atom stereocenters. The van der Waals surface area contributed by atoms with Crippen LogP contribution in [0.25, 0.3) is 44.1 Å². The van der Waals surface area contributed by atoms with E-state index in [2.05, 4.69) is 64.6 Å². The van der Waals surface area contributed by atoms with Gasteiger partial charge < -0.3 is 25.5 Å². The summed E-state index contributed by atoms with van der Waals surface area (Å²) in [5.74, 6) is 0.873. The van der Waals surface area contributed by atoms with Crippen molar-refractivity contribution in [3.8, 4) is 28.1 Å². The van der Waals surface area contributed by atoms with Crippen LogP contribution in [0.4, 0.5) is 16.0 Å². The van der Waals surface area contributed by atoms with E-state index in [1.54, 1.807) is 0 Å². The first-order valence-electron chi connectivity index (χ1n) is 20.1. The number of piperazine rings is 2. The Morgan fingerprint density at radius 2 is 1.51 bits per heavy atom. The number of hydrogen-bond acceptors (Lipinski definition) is 10. The van der Waals surface area contributed by atoms with Gasteiger partial charge in [-0.05, 0) is 59.9 Å². The SMILES string of the molecule is Cc1nc2c(N3CCNCC3)nnc(-c3cccc(C4CN(c5nnc(Cc6ccccc6)c6cc(Cl)c(Cl)cc56)CCN4)c3C(C)C)c2cc1-c1c(O)cccc1F. The first kappa shape index (κ1) is 39.0. The lowest BCUT2D eigenvalue weighted by atomic mass is 9.85. The van der Waals surface area contributed by atoms with Crippen LogP contribution >= 0.6 is 23.2 Å². The van der Waals surface area contributed by atoms with E-state index in [9.17, 15) is 5.11 Å². The minimum Gasteiger partial charge on any atom is -0.507 e. The zero-order valence-corrected chi connectivity index (χ0v) is 34.6. The van der Waals surface area contributed by atoms with Crippen molar-refractivity contribution in [2.45, 2.75) is 39.2 Å². The molecule has 10 nitrogen and oxygen atoms in total. The van der Waals surface area contributed by atoms with Gasteiger partial charge >= 0.3 is 0 Å². The molecule has 0 bridgehead atoms. The van der Waals surface area contributed by atoms with Gasteiger partial charge in [0.15, 0.2) is 11.6 Å². The molecule has 1 unspecified atom stereocenters. The Hall–Kier alpha value is -5.46. The molecule has 0 radical (unpaired) electrons. The van der Waals surface area contributed by atoms with Gasteiger partial charge in [-0.15, -0.1) is 15.3 Å². The summed E-state index contributed by atoms with van der Waals surface area (Å²) in [5, 5.41) is 41.1. The van der Waals surface area contributed by atoms with E-state index in [0.29, 0.717) is 57.8 Å². The summed E-state index contributed by atoms with van der Waals surface area (Å²) in [6.45, 7) is 11.4. The van der Waals surface area contributed by atoms with Crippen LogP contribution in [0.1, 0.15) is 53.9 Å². The molecule has 59 heavy (non-hydrogen) atoms. The second-order valence-electron chi connectivity index (χ2n) is 15.6. The lowest BCUT2D eigenvalue weighted by Crippen LogP contribution is -2.46. The summed E-state index contributed by atoms with van der Waals surface area (Å²) >= 11 is 13.3. The molecule has 3 N–H and O–H groups in total. The number of hydrogen-bond donors (Lipinski definition) is 3. The number of rotatable bonds is 8. The molecule has 13 heteroatoms. The minimum atomic E-state index is -0.522. The highest BCUT2D eigenvalue weighted by atomic mass is 35.5. The number of aryl methyl sites for hydroxylation is 1. The van der Waals surface area contributed by atoms with E-state index in [4.69, 9.17) is 48.6 Å². The number of fused-ring (bicyclic) bond motifs is 2. The fourth-order valence-electron chi connectivity index (χ4n) is 8.70. The number of aromatic nitrogens is 5. The lowest BCUT2D eigenvalue weighted by Gasteiger charge is -2.36. The Bertz CT molecular complexity index is 2690. The zero-order valence-electron chi connectivity index (χ0n) is 33.1. The maximum absolute atomic E-state index is 15.5. The average Bonchev–Trinajstić information content (AvgIpc) is 3.24. The molecule has 2 aliphatic heterocycles. The highest BCUT2D eigenvalue weighted by molar-refractivity contribution is 6.43. The Balaban J connectivity index is 1.15. The number of phenolic OH excluding ortho intramolecular Hbond substituents is 1. The first-order chi connectivity index (χ1) is 28.7. The third kappa shape index (κ3) is 7.41. The minimum absolute atomic E-state index is 0.0737. The number of phenols is 1. The van der Waals surface area contributed by atoms with E-state index in [0.717, 1.165) is 82.6 Å². The van der Waals surface area contributed by atoms with Crippen LogP contribution < -0.4 is 20.4 Å². The summed E-state index contributed by atoms with van der Waals surface area (Å²) < 4.78 is 15.5. The summed E-state index contributed by atoms with van der Waals surface area (Å²) in [7, 11) is 0. The fraction of sp³-hybridized carbons (Fsp3) is 0.283. The second kappa shape index (κ2) is 16.3. The molecule has 2 saturated heterocycles. The van der Waals surface area contributed by atoms with Crippen LogP contribution in [0.5, 0.6) is 5.75 Å². The Morgan fingerprint density at radius 1 is 0.780 bits per heavy atom. The van der Waals surface area contributed by atoms with Gasteiger partial charge in [0.2, 0.25) is 0 Å². The van der Waals surface area contributed by atoms with Gasteiger partial charge in [-0.3, -0.25) is 0 Å². The van der Waals surface area contributed by atoms with Gasteiger partial charge in [0, 0.05) is 85.2 Å². The molecule has 0 spiro atoms. The van der Waals surface area contributed by atoms with Crippen molar-refractivity contribution in [1.82, 2.24) is 36.0 Å². The van der Waals surface area contributed by atoms with E-state index in [1.165, 1.54) is 18.2 Å². The largest absolute Gasteiger partial charge is 0.507 e.